The number of phenols is 1. The van der Waals surface area contributed by atoms with Gasteiger partial charge < -0.3 is 10.8 Å². The van der Waals surface area contributed by atoms with Gasteiger partial charge in [-0.1, -0.05) is 0 Å². The van der Waals surface area contributed by atoms with E-state index in [0.29, 0.717) is 0 Å². The Kier molecular flexibility index (Phi) is 4.95. The number of nitrogens with two attached hydrogens (primary N) is 1. The van der Waals surface area contributed by atoms with Crippen molar-refractivity contribution in [2.45, 2.75) is 12.5 Å². The van der Waals surface area contributed by atoms with Gasteiger partial charge in [-0.15, -0.1) is 12.4 Å². The monoisotopic (exact) mass is 263 g/mol. The highest BCUT2D eigenvalue weighted by molar-refractivity contribution is 5.85. The van der Waals surface area contributed by atoms with Gasteiger partial charge in [-0.25, -0.2) is 22.0 Å². The Morgan fingerprint density at radius 1 is 1.12 bits per heavy atom. The summed E-state index contributed by atoms with van der Waals surface area (Å²) in [7, 11) is 0. The second-order valence-electron chi connectivity index (χ2n) is 2.78. The van der Waals surface area contributed by atoms with Crippen LogP contribution in [0.5, 0.6) is 5.75 Å². The standard InChI is InChI=1S/C8H6F5NO.ClH/c9-2-1-3(15)4(6(11)5(2)10)7(14)8(12)13;/h1,7-8,15H,14H2;1H/t7-;/m1./s1. The summed E-state index contributed by atoms with van der Waals surface area (Å²) in [6.07, 6.45) is -3.20. The molecule has 0 aliphatic heterocycles. The van der Waals surface area contributed by atoms with E-state index >= 15 is 0 Å². The fourth-order valence-corrected chi connectivity index (χ4v) is 1.04. The molecule has 0 amide bonds. The summed E-state index contributed by atoms with van der Waals surface area (Å²) in [4.78, 5) is 0. The van der Waals surface area contributed by atoms with Crippen LogP contribution in [0.25, 0.3) is 0 Å². The minimum atomic E-state index is -3.20. The van der Waals surface area contributed by atoms with Gasteiger partial charge in [-0.3, -0.25) is 0 Å². The summed E-state index contributed by atoms with van der Waals surface area (Å²) >= 11 is 0. The zero-order valence-electron chi connectivity index (χ0n) is 7.55. The molecule has 0 spiro atoms. The molecule has 1 aromatic rings. The number of hydrogen-bond donors (Lipinski definition) is 2. The Balaban J connectivity index is 0.00000225. The Morgan fingerprint density at radius 3 is 2.06 bits per heavy atom. The van der Waals surface area contributed by atoms with Crippen LogP contribution in [0.1, 0.15) is 11.6 Å². The SMILES string of the molecule is Cl.N[C@H](c1c(O)cc(F)c(F)c1F)C(F)F. The van der Waals surface area contributed by atoms with Gasteiger partial charge in [0.25, 0.3) is 6.43 Å². The molecule has 0 radical (unpaired) electrons. The van der Waals surface area contributed by atoms with Crippen LogP contribution in [-0.4, -0.2) is 11.5 Å². The van der Waals surface area contributed by atoms with E-state index in [-0.39, 0.29) is 18.5 Å². The number of alkyl halides is 2. The molecule has 0 fully saturated rings. The highest BCUT2D eigenvalue weighted by Crippen LogP contribution is 2.31. The van der Waals surface area contributed by atoms with Crippen LogP contribution in [0.15, 0.2) is 6.07 Å². The highest BCUT2D eigenvalue weighted by Gasteiger charge is 2.28. The molecule has 0 bridgehead atoms. The Morgan fingerprint density at radius 2 is 1.62 bits per heavy atom. The van der Waals surface area contributed by atoms with E-state index in [1.165, 1.54) is 0 Å². The predicted molar refractivity (Wildman–Crippen MR) is 48.2 cm³/mol. The van der Waals surface area contributed by atoms with E-state index in [1.807, 2.05) is 0 Å². The molecule has 0 saturated carbocycles. The Bertz CT molecular complexity index is 387. The third-order valence-corrected chi connectivity index (χ3v) is 1.78. The van der Waals surface area contributed by atoms with Crippen molar-refractivity contribution >= 4 is 12.4 Å². The van der Waals surface area contributed by atoms with Crippen LogP contribution in [0.4, 0.5) is 22.0 Å². The zero-order chi connectivity index (χ0) is 11.7. The topological polar surface area (TPSA) is 46.2 Å². The summed E-state index contributed by atoms with van der Waals surface area (Å²) in [5.41, 5.74) is 3.68. The third kappa shape index (κ3) is 2.53. The van der Waals surface area contributed by atoms with Crippen LogP contribution in [0.3, 0.4) is 0 Å². The van der Waals surface area contributed by atoms with Gasteiger partial charge in [-0.05, 0) is 0 Å². The lowest BCUT2D eigenvalue weighted by atomic mass is 10.1. The Labute approximate surface area is 93.3 Å². The van der Waals surface area contributed by atoms with Crippen LogP contribution in [0, 0.1) is 17.5 Å². The fourth-order valence-electron chi connectivity index (χ4n) is 1.04. The molecular weight excluding hydrogens is 257 g/mol. The van der Waals surface area contributed by atoms with Crippen molar-refractivity contribution in [1.29, 1.82) is 0 Å². The summed E-state index contributed by atoms with van der Waals surface area (Å²) in [5, 5.41) is 8.96. The lowest BCUT2D eigenvalue weighted by molar-refractivity contribution is 0.113. The molecule has 92 valence electrons. The summed E-state index contributed by atoms with van der Waals surface area (Å²) in [6, 6.07) is -2.02. The third-order valence-electron chi connectivity index (χ3n) is 1.78. The lowest BCUT2D eigenvalue weighted by Crippen LogP contribution is -2.21. The van der Waals surface area contributed by atoms with Crippen molar-refractivity contribution in [3.8, 4) is 5.75 Å². The quantitative estimate of drug-likeness (QED) is 0.636. The van der Waals surface area contributed by atoms with Crippen molar-refractivity contribution in [2.24, 2.45) is 5.73 Å². The molecule has 0 aliphatic carbocycles. The number of rotatable bonds is 2. The van der Waals surface area contributed by atoms with E-state index in [4.69, 9.17) is 10.8 Å². The van der Waals surface area contributed by atoms with Gasteiger partial charge in [0.05, 0.1) is 11.6 Å². The Hall–Kier alpha value is -1.08. The zero-order valence-corrected chi connectivity index (χ0v) is 8.37. The predicted octanol–water partition coefficient (Wildman–Crippen LogP) is 2.50. The second-order valence-corrected chi connectivity index (χ2v) is 2.78. The molecule has 0 heterocycles. The number of phenolic OH excluding ortho intramolecular Hbond substituents is 1. The van der Waals surface area contributed by atoms with Crippen LogP contribution < -0.4 is 5.73 Å². The molecule has 2 nitrogen and oxygen atoms in total. The summed E-state index contributed by atoms with van der Waals surface area (Å²) in [5.74, 6) is -6.66. The van der Waals surface area contributed by atoms with E-state index in [9.17, 15) is 22.0 Å². The normalized spacial score (nSPS) is 12.4. The van der Waals surface area contributed by atoms with E-state index < -0.39 is 41.2 Å². The first-order chi connectivity index (χ1) is 6.86. The van der Waals surface area contributed by atoms with Crippen LogP contribution >= 0.6 is 12.4 Å². The van der Waals surface area contributed by atoms with Crippen LogP contribution in [0.2, 0.25) is 0 Å². The molecule has 8 heteroatoms. The van der Waals surface area contributed by atoms with Gasteiger partial charge >= 0.3 is 0 Å². The average molecular weight is 264 g/mol. The fraction of sp³-hybridized carbons (Fsp3) is 0.250. The number of aromatic hydroxyl groups is 1. The van der Waals surface area contributed by atoms with E-state index in [1.54, 1.807) is 0 Å². The average Bonchev–Trinajstić information content (AvgIpc) is 2.14. The molecule has 0 aliphatic rings. The summed E-state index contributed by atoms with van der Waals surface area (Å²) in [6.45, 7) is 0. The van der Waals surface area contributed by atoms with E-state index in [0.717, 1.165) is 0 Å². The van der Waals surface area contributed by atoms with Gasteiger partial charge in [-0.2, -0.15) is 0 Å². The first kappa shape index (κ1) is 14.9. The van der Waals surface area contributed by atoms with Crippen molar-refractivity contribution in [1.82, 2.24) is 0 Å². The maximum absolute atomic E-state index is 12.9. The largest absolute Gasteiger partial charge is 0.507 e. The second kappa shape index (κ2) is 5.31. The van der Waals surface area contributed by atoms with Gasteiger partial charge in [0.1, 0.15) is 5.75 Å². The van der Waals surface area contributed by atoms with Gasteiger partial charge in [0, 0.05) is 6.07 Å². The molecule has 1 atom stereocenters. The molecule has 0 saturated heterocycles. The highest BCUT2D eigenvalue weighted by atomic mass is 35.5. The minimum Gasteiger partial charge on any atom is -0.507 e. The van der Waals surface area contributed by atoms with E-state index in [2.05, 4.69) is 0 Å². The number of benzene rings is 1. The molecule has 0 aromatic heterocycles. The lowest BCUT2D eigenvalue weighted by Gasteiger charge is -2.14. The minimum absolute atomic E-state index is 0. The maximum atomic E-state index is 12.9. The van der Waals surface area contributed by atoms with Crippen molar-refractivity contribution in [3.05, 3.63) is 29.1 Å². The number of halogens is 6. The molecule has 1 aromatic carbocycles. The van der Waals surface area contributed by atoms with Crippen molar-refractivity contribution in [3.63, 3.8) is 0 Å². The van der Waals surface area contributed by atoms with Gasteiger partial charge in [0.15, 0.2) is 17.5 Å². The first-order valence-electron chi connectivity index (χ1n) is 3.76. The molecule has 1 rings (SSSR count). The van der Waals surface area contributed by atoms with Crippen molar-refractivity contribution in [2.75, 3.05) is 0 Å². The summed E-state index contributed by atoms with van der Waals surface area (Å²) < 4.78 is 62.2. The molecule has 3 N–H and O–H groups in total. The van der Waals surface area contributed by atoms with Gasteiger partial charge in [0.2, 0.25) is 0 Å². The first-order valence-corrected chi connectivity index (χ1v) is 3.76. The smallest absolute Gasteiger partial charge is 0.257 e. The molecule has 0 unspecified atom stereocenters. The molecule has 16 heavy (non-hydrogen) atoms. The van der Waals surface area contributed by atoms with Crippen LogP contribution in [-0.2, 0) is 0 Å². The van der Waals surface area contributed by atoms with Crippen molar-refractivity contribution < 1.29 is 27.1 Å². The number of hydrogen-bond acceptors (Lipinski definition) is 2. The maximum Gasteiger partial charge on any atom is 0.257 e. The molecular formula is C8H7ClF5NO.